The molecule has 0 radical (unpaired) electrons. The molecule has 4 atom stereocenters. The third kappa shape index (κ3) is 3.19. The molecule has 0 amide bonds. The first-order valence-electron chi connectivity index (χ1n) is 10.8. The van der Waals surface area contributed by atoms with Crippen LogP contribution in [0, 0.1) is 0 Å². The lowest BCUT2D eigenvalue weighted by molar-refractivity contribution is 0.0681. The Hall–Kier alpha value is -2.47. The topological polar surface area (TPSA) is 75.4 Å². The number of carbonyl (C=O) groups is 1. The Balaban J connectivity index is 1.52. The molecule has 0 saturated carbocycles. The van der Waals surface area contributed by atoms with Crippen molar-refractivity contribution in [3.8, 4) is 0 Å². The maximum absolute atomic E-state index is 13.1. The Labute approximate surface area is 169 Å². The lowest BCUT2D eigenvalue weighted by atomic mass is 9.93. The van der Waals surface area contributed by atoms with Crippen molar-refractivity contribution in [3.63, 3.8) is 0 Å². The van der Waals surface area contributed by atoms with E-state index in [2.05, 4.69) is 22.0 Å². The fourth-order valence-corrected chi connectivity index (χ4v) is 5.81. The Morgan fingerprint density at radius 3 is 2.55 bits per heavy atom. The van der Waals surface area contributed by atoms with Crippen LogP contribution in [0.25, 0.3) is 11.0 Å². The summed E-state index contributed by atoms with van der Waals surface area (Å²) in [7, 11) is 0. The summed E-state index contributed by atoms with van der Waals surface area (Å²) in [6.07, 6.45) is 13.8. The molecular formula is C23H27N3O3. The lowest BCUT2D eigenvalue weighted by Crippen LogP contribution is -2.49. The van der Waals surface area contributed by atoms with Gasteiger partial charge in [0.2, 0.25) is 5.69 Å². The van der Waals surface area contributed by atoms with Crippen LogP contribution in [0.15, 0.2) is 41.2 Å². The van der Waals surface area contributed by atoms with E-state index in [-0.39, 0.29) is 11.7 Å². The van der Waals surface area contributed by atoms with Gasteiger partial charge >= 0.3 is 5.97 Å². The maximum atomic E-state index is 13.1. The minimum absolute atomic E-state index is 0.0250. The Bertz CT molecular complexity index is 1010. The minimum Gasteiger partial charge on any atom is -0.476 e. The smallest absolute Gasteiger partial charge is 0.360 e. The van der Waals surface area contributed by atoms with Crippen LogP contribution in [0.5, 0.6) is 0 Å². The first-order valence-corrected chi connectivity index (χ1v) is 10.8. The molecule has 5 rings (SSSR count). The van der Waals surface area contributed by atoms with E-state index in [1.54, 1.807) is 10.6 Å². The fraction of sp³-hybridized carbons (Fsp3) is 0.522. The third-order valence-electron chi connectivity index (χ3n) is 6.99. The molecule has 1 aromatic carbocycles. The average Bonchev–Trinajstić information content (AvgIpc) is 2.91. The number of fused-ring (bicyclic) bond motifs is 3. The molecule has 2 bridgehead atoms. The number of hydrogen-bond acceptors (Lipinski definition) is 4. The molecule has 2 aromatic rings. The predicted octanol–water partition coefficient (Wildman–Crippen LogP) is 3.76. The molecule has 29 heavy (non-hydrogen) atoms. The number of allylic oxidation sites excluding steroid dienone is 1. The van der Waals surface area contributed by atoms with E-state index >= 15 is 0 Å². The number of piperidine rings is 1. The van der Waals surface area contributed by atoms with Gasteiger partial charge in [-0.15, -0.1) is 0 Å². The molecule has 2 saturated heterocycles. The van der Waals surface area contributed by atoms with Crippen LogP contribution < -0.4 is 5.56 Å². The molecule has 1 N–H and O–H groups in total. The van der Waals surface area contributed by atoms with Crippen molar-refractivity contribution in [2.24, 2.45) is 0 Å². The summed E-state index contributed by atoms with van der Waals surface area (Å²) in [5, 5.41) is 9.51. The zero-order chi connectivity index (χ0) is 20.0. The van der Waals surface area contributed by atoms with Gasteiger partial charge < -0.3 is 9.67 Å². The molecule has 2 fully saturated rings. The normalized spacial score (nSPS) is 29.8. The van der Waals surface area contributed by atoms with Crippen molar-refractivity contribution >= 4 is 17.0 Å². The number of para-hydroxylation sites is 2. The van der Waals surface area contributed by atoms with Gasteiger partial charge in [0.15, 0.2) is 0 Å². The van der Waals surface area contributed by atoms with Crippen molar-refractivity contribution in [2.75, 3.05) is 0 Å². The van der Waals surface area contributed by atoms with E-state index in [4.69, 9.17) is 0 Å². The van der Waals surface area contributed by atoms with Crippen LogP contribution in [0.3, 0.4) is 0 Å². The highest BCUT2D eigenvalue weighted by Gasteiger charge is 2.44. The number of aromatic nitrogens is 2. The first-order chi connectivity index (χ1) is 14.1. The highest BCUT2D eigenvalue weighted by Crippen LogP contribution is 2.43. The number of benzene rings is 1. The van der Waals surface area contributed by atoms with Crippen molar-refractivity contribution < 1.29 is 9.90 Å². The summed E-state index contributed by atoms with van der Waals surface area (Å²) < 4.78 is 1.73. The van der Waals surface area contributed by atoms with Gasteiger partial charge in [0.05, 0.1) is 11.0 Å². The van der Waals surface area contributed by atoms with Crippen LogP contribution in [0.2, 0.25) is 0 Å². The average molecular weight is 393 g/mol. The van der Waals surface area contributed by atoms with E-state index < -0.39 is 11.5 Å². The van der Waals surface area contributed by atoms with Gasteiger partial charge in [0.25, 0.3) is 5.56 Å². The quantitative estimate of drug-likeness (QED) is 0.804. The molecular weight excluding hydrogens is 366 g/mol. The predicted molar refractivity (Wildman–Crippen MR) is 111 cm³/mol. The molecule has 1 aliphatic carbocycles. The third-order valence-corrected chi connectivity index (χ3v) is 6.99. The Morgan fingerprint density at radius 2 is 1.79 bits per heavy atom. The summed E-state index contributed by atoms with van der Waals surface area (Å²) in [6, 6.07) is 8.85. The number of rotatable bonds is 3. The summed E-state index contributed by atoms with van der Waals surface area (Å²) in [4.78, 5) is 31.6. The number of nitrogens with zero attached hydrogens (tertiary/aromatic N) is 3. The van der Waals surface area contributed by atoms with Gasteiger partial charge in [0, 0.05) is 24.2 Å². The zero-order valence-electron chi connectivity index (χ0n) is 16.5. The van der Waals surface area contributed by atoms with Gasteiger partial charge in [-0.25, -0.2) is 9.78 Å². The van der Waals surface area contributed by atoms with Gasteiger partial charge in [-0.3, -0.25) is 9.69 Å². The van der Waals surface area contributed by atoms with Crippen LogP contribution >= 0.6 is 0 Å². The van der Waals surface area contributed by atoms with Crippen LogP contribution in [0.1, 0.15) is 67.9 Å². The standard InChI is InChI=1S/C23H27N3O3/c27-22-21(23(28)29)24-19-9-5-6-10-20(19)26(22)18-13-16-11-12-17(14-18)25(16)15-7-3-1-2-4-8-15/h3,5-7,9-10,15-18H,1-2,4,8,11-14H2,(H,28,29)/t15?,16-,17+,18+. The van der Waals surface area contributed by atoms with Gasteiger partial charge in [-0.1, -0.05) is 30.7 Å². The number of hydrogen-bond donors (Lipinski definition) is 1. The molecule has 3 heterocycles. The van der Waals surface area contributed by atoms with Crippen molar-refractivity contribution in [1.29, 1.82) is 0 Å². The van der Waals surface area contributed by atoms with Gasteiger partial charge in [0.1, 0.15) is 0 Å². The molecule has 152 valence electrons. The first kappa shape index (κ1) is 18.6. The molecule has 6 nitrogen and oxygen atoms in total. The molecule has 0 spiro atoms. The summed E-state index contributed by atoms with van der Waals surface area (Å²) in [5.74, 6) is -1.25. The van der Waals surface area contributed by atoms with Crippen molar-refractivity contribution in [3.05, 3.63) is 52.5 Å². The summed E-state index contributed by atoms with van der Waals surface area (Å²) in [6.45, 7) is 0. The summed E-state index contributed by atoms with van der Waals surface area (Å²) >= 11 is 0. The van der Waals surface area contributed by atoms with E-state index in [0.717, 1.165) is 31.2 Å². The second-order valence-corrected chi connectivity index (χ2v) is 8.67. The number of aromatic carboxylic acids is 1. The zero-order valence-corrected chi connectivity index (χ0v) is 16.5. The van der Waals surface area contributed by atoms with E-state index in [1.165, 1.54) is 25.7 Å². The van der Waals surface area contributed by atoms with Crippen LogP contribution in [0.4, 0.5) is 0 Å². The fourth-order valence-electron chi connectivity index (χ4n) is 5.81. The van der Waals surface area contributed by atoms with Gasteiger partial charge in [-0.2, -0.15) is 0 Å². The second kappa shape index (κ2) is 7.41. The second-order valence-electron chi connectivity index (χ2n) is 8.67. The van der Waals surface area contributed by atoms with Crippen LogP contribution in [-0.2, 0) is 0 Å². The molecule has 6 heteroatoms. The largest absolute Gasteiger partial charge is 0.476 e. The minimum atomic E-state index is -1.25. The Kier molecular flexibility index (Phi) is 4.74. The lowest BCUT2D eigenvalue weighted by Gasteiger charge is -2.43. The van der Waals surface area contributed by atoms with Gasteiger partial charge in [-0.05, 0) is 57.1 Å². The van der Waals surface area contributed by atoms with Crippen molar-refractivity contribution in [2.45, 2.75) is 75.5 Å². The molecule has 1 unspecified atom stereocenters. The molecule has 2 aliphatic heterocycles. The Morgan fingerprint density at radius 1 is 1.03 bits per heavy atom. The summed E-state index contributed by atoms with van der Waals surface area (Å²) in [5.41, 5.74) is 0.481. The highest BCUT2D eigenvalue weighted by atomic mass is 16.4. The van der Waals surface area contributed by atoms with E-state index in [1.807, 2.05) is 18.2 Å². The van der Waals surface area contributed by atoms with E-state index in [9.17, 15) is 14.7 Å². The number of carboxylic acid groups (broad SMARTS) is 1. The molecule has 1 aromatic heterocycles. The van der Waals surface area contributed by atoms with Crippen molar-refractivity contribution in [1.82, 2.24) is 14.5 Å². The maximum Gasteiger partial charge on any atom is 0.360 e. The SMILES string of the molecule is O=C(O)c1nc2ccccc2n([C@H]2C[C@H]3CC[C@@H](C2)N3C2C=CCCCC2)c1=O. The molecule has 3 aliphatic rings. The van der Waals surface area contributed by atoms with Crippen LogP contribution in [-0.4, -0.2) is 43.7 Å². The number of carboxylic acids is 1. The highest BCUT2D eigenvalue weighted by molar-refractivity contribution is 5.88. The monoisotopic (exact) mass is 393 g/mol. The van der Waals surface area contributed by atoms with E-state index in [0.29, 0.717) is 23.6 Å².